The maximum absolute atomic E-state index is 6.81. The highest BCUT2D eigenvalue weighted by molar-refractivity contribution is 7.25. The quantitative estimate of drug-likeness (QED) is 0.174. The van der Waals surface area contributed by atoms with Crippen LogP contribution < -0.4 is 0 Å². The van der Waals surface area contributed by atoms with Crippen molar-refractivity contribution in [3.63, 3.8) is 0 Å². The fraction of sp³-hybridized carbons (Fsp3) is 0. The van der Waals surface area contributed by atoms with E-state index in [1.807, 2.05) is 35.6 Å². The number of furan rings is 3. The van der Waals surface area contributed by atoms with Gasteiger partial charge >= 0.3 is 0 Å². The number of hydrogen-bond donors (Lipinski definition) is 0. The van der Waals surface area contributed by atoms with Crippen molar-refractivity contribution >= 4 is 108 Å². The third-order valence-electron chi connectivity index (χ3n) is 10.5. The summed E-state index contributed by atoms with van der Waals surface area (Å²) in [6, 6.07) is 51.5. The average molecular weight is 657 g/mol. The second-order valence-corrected chi connectivity index (χ2v) is 14.2. The van der Waals surface area contributed by atoms with Gasteiger partial charge < -0.3 is 13.3 Å². The Morgan fingerprint density at radius 2 is 0.840 bits per heavy atom. The summed E-state index contributed by atoms with van der Waals surface area (Å²) in [4.78, 5) is 0. The summed E-state index contributed by atoms with van der Waals surface area (Å²) >= 11 is 1.81. The number of thiophene rings is 1. The molecule has 8 aromatic carbocycles. The SMILES string of the molecule is c1ccc2c(c1)oc1c(-c3c4ccccc4c(-c4cc5cc6c(cc5o4)sc4ccccc46)c4ccccc34)c3oc4ccccc4c3cc12. The lowest BCUT2D eigenvalue weighted by atomic mass is 9.86. The third kappa shape index (κ3) is 3.48. The summed E-state index contributed by atoms with van der Waals surface area (Å²) < 4.78 is 22.9. The van der Waals surface area contributed by atoms with Crippen molar-refractivity contribution in [1.29, 1.82) is 0 Å². The molecule has 3 nitrogen and oxygen atoms in total. The van der Waals surface area contributed by atoms with Crippen LogP contribution in [-0.4, -0.2) is 0 Å². The van der Waals surface area contributed by atoms with Gasteiger partial charge in [-0.25, -0.2) is 0 Å². The smallest absolute Gasteiger partial charge is 0.147 e. The van der Waals surface area contributed by atoms with Gasteiger partial charge in [-0.1, -0.05) is 103 Å². The molecule has 0 radical (unpaired) electrons. The summed E-state index contributed by atoms with van der Waals surface area (Å²) in [5.74, 6) is 0.858. The molecule has 0 saturated carbocycles. The van der Waals surface area contributed by atoms with Crippen molar-refractivity contribution < 1.29 is 13.3 Å². The number of fused-ring (bicyclic) bond motifs is 12. The zero-order valence-electron chi connectivity index (χ0n) is 26.5. The van der Waals surface area contributed by atoms with Gasteiger partial charge in [-0.05, 0) is 64.0 Å². The van der Waals surface area contributed by atoms with Gasteiger partial charge in [0.1, 0.15) is 33.7 Å². The van der Waals surface area contributed by atoms with Crippen LogP contribution in [0.2, 0.25) is 0 Å². The topological polar surface area (TPSA) is 39.4 Å². The first-order valence-electron chi connectivity index (χ1n) is 16.8. The summed E-state index contributed by atoms with van der Waals surface area (Å²) in [5, 5.41) is 12.5. The normalized spacial score (nSPS) is 12.4. The van der Waals surface area contributed by atoms with Crippen molar-refractivity contribution in [3.8, 4) is 22.5 Å². The second kappa shape index (κ2) is 9.63. The Morgan fingerprint density at radius 3 is 1.46 bits per heavy atom. The lowest BCUT2D eigenvalue weighted by molar-refractivity contribution is 0.633. The fourth-order valence-electron chi connectivity index (χ4n) is 8.31. The second-order valence-electron chi connectivity index (χ2n) is 13.1. The predicted molar refractivity (Wildman–Crippen MR) is 210 cm³/mol. The van der Waals surface area contributed by atoms with Gasteiger partial charge in [-0.15, -0.1) is 11.3 Å². The minimum atomic E-state index is 0.830. The Balaban J connectivity index is 1.22. The van der Waals surface area contributed by atoms with Crippen LogP contribution in [0.5, 0.6) is 0 Å². The Hall–Kier alpha value is -6.36. The highest BCUT2D eigenvalue weighted by Crippen LogP contribution is 2.51. The van der Waals surface area contributed by atoms with E-state index in [0.717, 1.165) is 98.8 Å². The standard InChI is InChI=1S/C46H24O3S/c1-3-16-31-29(14-1)42(39-22-25-21-33-28-13-7-10-20-40(28)50-41(33)24-38(25)47-39)30-15-2-4-17-32(30)43(31)44-45-34(26-11-5-8-18-36(26)48-45)23-35-27-12-6-9-19-37(27)49-46(35)44/h1-24H. The van der Waals surface area contributed by atoms with Crippen LogP contribution in [-0.2, 0) is 0 Å². The summed E-state index contributed by atoms with van der Waals surface area (Å²) in [7, 11) is 0. The predicted octanol–water partition coefficient (Wildman–Crippen LogP) is 14.2. The van der Waals surface area contributed by atoms with Crippen LogP contribution in [0.1, 0.15) is 0 Å². The number of hydrogen-bond acceptors (Lipinski definition) is 4. The van der Waals surface area contributed by atoms with E-state index < -0.39 is 0 Å². The largest absolute Gasteiger partial charge is 0.456 e. The molecule has 4 heterocycles. The molecule has 232 valence electrons. The zero-order chi connectivity index (χ0) is 32.5. The molecular formula is C46H24O3S. The van der Waals surface area contributed by atoms with Crippen LogP contribution in [0, 0.1) is 0 Å². The van der Waals surface area contributed by atoms with Gasteiger partial charge in [0.25, 0.3) is 0 Å². The molecule has 0 saturated heterocycles. The molecule has 0 spiro atoms. The summed E-state index contributed by atoms with van der Waals surface area (Å²) in [5.41, 5.74) is 7.43. The molecule has 0 aliphatic carbocycles. The Kier molecular flexibility index (Phi) is 5.12. The van der Waals surface area contributed by atoms with E-state index in [-0.39, 0.29) is 0 Å². The molecule has 0 unspecified atom stereocenters. The van der Waals surface area contributed by atoms with E-state index in [2.05, 4.69) is 121 Å². The zero-order valence-corrected chi connectivity index (χ0v) is 27.3. The maximum Gasteiger partial charge on any atom is 0.147 e. The molecule has 4 heteroatoms. The minimum absolute atomic E-state index is 0.830. The van der Waals surface area contributed by atoms with Crippen molar-refractivity contribution in [2.24, 2.45) is 0 Å². The highest BCUT2D eigenvalue weighted by atomic mass is 32.1. The molecule has 12 rings (SSSR count). The van der Waals surface area contributed by atoms with Gasteiger partial charge in [0.2, 0.25) is 0 Å². The van der Waals surface area contributed by atoms with E-state index in [4.69, 9.17) is 13.3 Å². The number of rotatable bonds is 2. The number of benzene rings is 8. The Morgan fingerprint density at radius 1 is 0.320 bits per heavy atom. The molecule has 0 N–H and O–H groups in total. The minimum Gasteiger partial charge on any atom is -0.456 e. The van der Waals surface area contributed by atoms with Crippen molar-refractivity contribution in [1.82, 2.24) is 0 Å². The van der Waals surface area contributed by atoms with Gasteiger partial charge in [0.05, 0.1) is 5.56 Å². The fourth-order valence-corrected chi connectivity index (χ4v) is 9.43. The molecule has 12 aromatic rings. The molecule has 0 bridgehead atoms. The van der Waals surface area contributed by atoms with Crippen LogP contribution in [0.25, 0.3) is 119 Å². The van der Waals surface area contributed by atoms with Crippen molar-refractivity contribution in [3.05, 3.63) is 146 Å². The summed E-state index contributed by atoms with van der Waals surface area (Å²) in [6.45, 7) is 0. The van der Waals surface area contributed by atoms with Gasteiger partial charge in [0.15, 0.2) is 0 Å². The highest BCUT2D eigenvalue weighted by Gasteiger charge is 2.26. The van der Waals surface area contributed by atoms with Crippen LogP contribution in [0.15, 0.2) is 159 Å². The van der Waals surface area contributed by atoms with Crippen LogP contribution >= 0.6 is 11.3 Å². The van der Waals surface area contributed by atoms with Gasteiger partial charge in [0, 0.05) is 58.2 Å². The molecule has 0 amide bonds. The third-order valence-corrected chi connectivity index (χ3v) is 11.6. The molecular weight excluding hydrogens is 633 g/mol. The molecule has 0 aliphatic heterocycles. The average Bonchev–Trinajstić information content (AvgIpc) is 3.93. The Labute approximate surface area is 288 Å². The first-order valence-corrected chi connectivity index (χ1v) is 17.6. The maximum atomic E-state index is 6.81. The first-order chi connectivity index (χ1) is 24.8. The van der Waals surface area contributed by atoms with Crippen molar-refractivity contribution in [2.75, 3.05) is 0 Å². The molecule has 0 fully saturated rings. The lowest BCUT2D eigenvalue weighted by Gasteiger charge is -2.16. The van der Waals surface area contributed by atoms with Crippen LogP contribution in [0.4, 0.5) is 0 Å². The van der Waals surface area contributed by atoms with Crippen molar-refractivity contribution in [2.45, 2.75) is 0 Å². The first kappa shape index (κ1) is 26.6. The Bertz CT molecular complexity index is 3240. The van der Waals surface area contributed by atoms with Gasteiger partial charge in [-0.3, -0.25) is 0 Å². The lowest BCUT2D eigenvalue weighted by Crippen LogP contribution is -1.91. The van der Waals surface area contributed by atoms with E-state index >= 15 is 0 Å². The summed E-state index contributed by atoms with van der Waals surface area (Å²) in [6.07, 6.45) is 0. The van der Waals surface area contributed by atoms with E-state index in [1.54, 1.807) is 0 Å². The molecule has 4 aromatic heterocycles. The van der Waals surface area contributed by atoms with E-state index in [0.29, 0.717) is 0 Å². The monoisotopic (exact) mass is 656 g/mol. The van der Waals surface area contributed by atoms with E-state index in [9.17, 15) is 0 Å². The molecule has 0 atom stereocenters. The molecule has 50 heavy (non-hydrogen) atoms. The van der Waals surface area contributed by atoms with Gasteiger partial charge in [-0.2, -0.15) is 0 Å². The van der Waals surface area contributed by atoms with Crippen LogP contribution in [0.3, 0.4) is 0 Å². The van der Waals surface area contributed by atoms with E-state index in [1.165, 1.54) is 20.2 Å². The molecule has 0 aliphatic rings. The number of para-hydroxylation sites is 2.